The summed E-state index contributed by atoms with van der Waals surface area (Å²) in [5.74, 6) is -1.80. The number of carbonyl (C=O) groups is 2. The molecule has 0 saturated carbocycles. The van der Waals surface area contributed by atoms with E-state index in [-0.39, 0.29) is 11.9 Å². The lowest BCUT2D eigenvalue weighted by Crippen LogP contribution is -2.50. The van der Waals surface area contributed by atoms with Crippen LogP contribution >= 0.6 is 0 Å². The highest BCUT2D eigenvalue weighted by atomic mass is 16.4. The largest absolute Gasteiger partial charge is 0.481 e. The summed E-state index contributed by atoms with van der Waals surface area (Å²) in [5.41, 5.74) is 0. The van der Waals surface area contributed by atoms with Crippen LogP contribution in [0.3, 0.4) is 0 Å². The van der Waals surface area contributed by atoms with Crippen LogP contribution in [0.2, 0.25) is 0 Å². The quantitative estimate of drug-likeness (QED) is 0.780. The number of hydrogen-bond acceptors (Lipinski definition) is 3. The molecule has 1 aliphatic rings. The summed E-state index contributed by atoms with van der Waals surface area (Å²) in [6.45, 7) is 7.30. The van der Waals surface area contributed by atoms with Crippen molar-refractivity contribution in [2.45, 2.75) is 33.2 Å². The normalized spacial score (nSPS) is 28.4. The molecule has 5 heteroatoms. The molecule has 104 valence electrons. The Bertz CT molecular complexity index is 319. The lowest BCUT2D eigenvalue weighted by Gasteiger charge is -2.35. The van der Waals surface area contributed by atoms with Crippen molar-refractivity contribution in [3.63, 3.8) is 0 Å². The molecule has 5 nitrogen and oxygen atoms in total. The summed E-state index contributed by atoms with van der Waals surface area (Å²) >= 11 is 0. The first-order valence-corrected chi connectivity index (χ1v) is 6.54. The Hall–Kier alpha value is -1.10. The molecule has 0 aromatic heterocycles. The number of piperidine rings is 1. The zero-order valence-electron chi connectivity index (χ0n) is 11.6. The van der Waals surface area contributed by atoms with E-state index in [9.17, 15) is 9.59 Å². The van der Waals surface area contributed by atoms with E-state index in [1.807, 2.05) is 0 Å². The molecule has 1 heterocycles. The average molecular weight is 256 g/mol. The van der Waals surface area contributed by atoms with Crippen molar-refractivity contribution in [2.24, 2.45) is 17.8 Å². The molecule has 4 atom stereocenters. The van der Waals surface area contributed by atoms with Crippen molar-refractivity contribution >= 4 is 11.9 Å². The molecular weight excluding hydrogens is 232 g/mol. The third-order valence-electron chi connectivity index (χ3n) is 3.99. The maximum atomic E-state index is 12.0. The minimum Gasteiger partial charge on any atom is -0.481 e. The number of rotatable bonds is 4. The van der Waals surface area contributed by atoms with Crippen LogP contribution in [-0.2, 0) is 9.59 Å². The third-order valence-corrected chi connectivity index (χ3v) is 3.99. The van der Waals surface area contributed by atoms with Gasteiger partial charge in [-0.25, -0.2) is 0 Å². The number of nitrogens with one attached hydrogen (secondary N) is 1. The van der Waals surface area contributed by atoms with Crippen LogP contribution in [0.15, 0.2) is 0 Å². The topological polar surface area (TPSA) is 69.6 Å². The fourth-order valence-electron chi connectivity index (χ4n) is 2.32. The van der Waals surface area contributed by atoms with Gasteiger partial charge in [-0.2, -0.15) is 0 Å². The Morgan fingerprint density at radius 3 is 2.44 bits per heavy atom. The minimum absolute atomic E-state index is 0.147. The summed E-state index contributed by atoms with van der Waals surface area (Å²) in [4.78, 5) is 25.1. The van der Waals surface area contributed by atoms with Gasteiger partial charge in [0.15, 0.2) is 0 Å². The molecule has 0 bridgehead atoms. The maximum absolute atomic E-state index is 12.0. The molecule has 1 rings (SSSR count). The number of carboxylic acids is 1. The van der Waals surface area contributed by atoms with Gasteiger partial charge in [-0.15, -0.1) is 0 Å². The molecule has 1 saturated heterocycles. The predicted molar refractivity (Wildman–Crippen MR) is 69.2 cm³/mol. The van der Waals surface area contributed by atoms with Gasteiger partial charge in [-0.3, -0.25) is 9.59 Å². The van der Waals surface area contributed by atoms with Crippen LogP contribution in [0.5, 0.6) is 0 Å². The Labute approximate surface area is 109 Å². The molecule has 0 spiro atoms. The number of amides is 1. The van der Waals surface area contributed by atoms with Crippen molar-refractivity contribution in [2.75, 3.05) is 20.1 Å². The number of likely N-dealkylation sites (tertiary alicyclic amines) is 1. The third kappa shape index (κ3) is 3.70. The minimum atomic E-state index is -0.922. The summed E-state index contributed by atoms with van der Waals surface area (Å²) in [6.07, 6.45) is 0.928. The number of carbonyl (C=O) groups excluding carboxylic acids is 1. The van der Waals surface area contributed by atoms with Crippen LogP contribution in [0.4, 0.5) is 0 Å². The van der Waals surface area contributed by atoms with Gasteiger partial charge in [0.25, 0.3) is 0 Å². The number of nitrogens with zero attached hydrogens (tertiary/aromatic N) is 1. The highest BCUT2D eigenvalue weighted by molar-refractivity contribution is 5.84. The van der Waals surface area contributed by atoms with E-state index in [1.54, 1.807) is 13.8 Å². The Morgan fingerprint density at radius 1 is 1.33 bits per heavy atom. The van der Waals surface area contributed by atoms with Crippen LogP contribution < -0.4 is 5.32 Å². The first kappa shape index (κ1) is 15.0. The van der Waals surface area contributed by atoms with Crippen molar-refractivity contribution in [1.29, 1.82) is 0 Å². The second kappa shape index (κ2) is 6.18. The molecule has 1 fully saturated rings. The lowest BCUT2D eigenvalue weighted by atomic mass is 9.91. The summed E-state index contributed by atoms with van der Waals surface area (Å²) in [7, 11) is 2.07. The number of aliphatic carboxylic acids is 1. The summed E-state index contributed by atoms with van der Waals surface area (Å²) < 4.78 is 0. The summed E-state index contributed by atoms with van der Waals surface area (Å²) in [5, 5.41) is 11.9. The fraction of sp³-hybridized carbons (Fsp3) is 0.846. The Kier molecular flexibility index (Phi) is 5.14. The van der Waals surface area contributed by atoms with Crippen molar-refractivity contribution in [1.82, 2.24) is 10.2 Å². The summed E-state index contributed by atoms with van der Waals surface area (Å²) in [6, 6.07) is 0.164. The predicted octanol–water partition coefficient (Wildman–Crippen LogP) is 0.800. The van der Waals surface area contributed by atoms with E-state index < -0.39 is 17.8 Å². The van der Waals surface area contributed by atoms with E-state index in [4.69, 9.17) is 5.11 Å². The molecule has 0 radical (unpaired) electrons. The van der Waals surface area contributed by atoms with E-state index in [1.165, 1.54) is 0 Å². The van der Waals surface area contributed by atoms with E-state index in [0.29, 0.717) is 5.92 Å². The SMILES string of the molecule is CC1CN(C)CCC1NC(=O)C(C)C(C)C(=O)O. The van der Waals surface area contributed by atoms with Crippen LogP contribution in [0.25, 0.3) is 0 Å². The second-order valence-corrected chi connectivity index (χ2v) is 5.56. The van der Waals surface area contributed by atoms with Crippen LogP contribution in [0.1, 0.15) is 27.2 Å². The van der Waals surface area contributed by atoms with Gasteiger partial charge in [0.2, 0.25) is 5.91 Å². The zero-order chi connectivity index (χ0) is 13.9. The highest BCUT2D eigenvalue weighted by Gasteiger charge is 2.30. The molecule has 2 N–H and O–H groups in total. The van der Waals surface area contributed by atoms with Gasteiger partial charge in [-0.05, 0) is 25.9 Å². The molecule has 18 heavy (non-hydrogen) atoms. The first-order chi connectivity index (χ1) is 8.32. The molecule has 4 unspecified atom stereocenters. The molecule has 0 aromatic carbocycles. The average Bonchev–Trinajstić information content (AvgIpc) is 2.30. The van der Waals surface area contributed by atoms with Crippen LogP contribution in [0, 0.1) is 17.8 Å². The zero-order valence-corrected chi connectivity index (χ0v) is 11.6. The van der Waals surface area contributed by atoms with Crippen molar-refractivity contribution < 1.29 is 14.7 Å². The Morgan fingerprint density at radius 2 is 1.94 bits per heavy atom. The van der Waals surface area contributed by atoms with Gasteiger partial charge in [0.05, 0.1) is 5.92 Å². The van der Waals surface area contributed by atoms with Crippen LogP contribution in [-0.4, -0.2) is 48.1 Å². The monoisotopic (exact) mass is 256 g/mol. The van der Waals surface area contributed by atoms with Gasteiger partial charge >= 0.3 is 5.97 Å². The molecule has 1 amide bonds. The van der Waals surface area contributed by atoms with Crippen molar-refractivity contribution in [3.05, 3.63) is 0 Å². The molecule has 0 aliphatic carbocycles. The smallest absolute Gasteiger partial charge is 0.307 e. The highest BCUT2D eigenvalue weighted by Crippen LogP contribution is 2.17. The molecular formula is C13H24N2O3. The van der Waals surface area contributed by atoms with Gasteiger partial charge in [0, 0.05) is 18.5 Å². The number of carboxylic acid groups (broad SMARTS) is 1. The molecule has 1 aliphatic heterocycles. The second-order valence-electron chi connectivity index (χ2n) is 5.56. The van der Waals surface area contributed by atoms with E-state index >= 15 is 0 Å². The van der Waals surface area contributed by atoms with Gasteiger partial charge in [-0.1, -0.05) is 20.8 Å². The first-order valence-electron chi connectivity index (χ1n) is 6.54. The van der Waals surface area contributed by atoms with Gasteiger partial charge in [0.1, 0.15) is 0 Å². The maximum Gasteiger partial charge on any atom is 0.307 e. The Balaban J connectivity index is 2.51. The van der Waals surface area contributed by atoms with E-state index in [2.05, 4.69) is 24.2 Å². The standard InChI is InChI=1S/C13H24N2O3/c1-8-7-15(4)6-5-11(8)14-12(16)9(2)10(3)13(17)18/h8-11H,5-7H2,1-4H3,(H,14,16)(H,17,18). The lowest BCUT2D eigenvalue weighted by molar-refractivity contribution is -0.146. The number of hydrogen-bond donors (Lipinski definition) is 2. The fourth-order valence-corrected chi connectivity index (χ4v) is 2.32. The molecule has 0 aromatic rings. The van der Waals surface area contributed by atoms with Crippen molar-refractivity contribution in [3.8, 4) is 0 Å². The van der Waals surface area contributed by atoms with E-state index in [0.717, 1.165) is 19.5 Å². The van der Waals surface area contributed by atoms with Gasteiger partial charge < -0.3 is 15.3 Å².